The van der Waals surface area contributed by atoms with E-state index in [1.54, 1.807) is 29.6 Å². The summed E-state index contributed by atoms with van der Waals surface area (Å²) in [6, 6.07) is 7.95. The Morgan fingerprint density at radius 2 is 2.00 bits per heavy atom. The number of sulfone groups is 1. The van der Waals surface area contributed by atoms with Crippen molar-refractivity contribution in [3.05, 3.63) is 52.2 Å². The summed E-state index contributed by atoms with van der Waals surface area (Å²) in [4.78, 5) is 15.4. The Labute approximate surface area is 125 Å². The van der Waals surface area contributed by atoms with Crippen molar-refractivity contribution in [1.82, 2.24) is 0 Å². The third-order valence-corrected chi connectivity index (χ3v) is 6.56. The summed E-state index contributed by atoms with van der Waals surface area (Å²) in [5.74, 6) is -1.23. The van der Waals surface area contributed by atoms with Crippen LogP contribution in [0.1, 0.15) is 15.9 Å². The van der Waals surface area contributed by atoms with Gasteiger partial charge in [-0.2, -0.15) is 0 Å². The Balaban J connectivity index is 2.24. The van der Waals surface area contributed by atoms with Gasteiger partial charge in [0.15, 0.2) is 9.84 Å². The minimum atomic E-state index is -3.22. The highest BCUT2D eigenvalue weighted by atomic mass is 32.2. The van der Waals surface area contributed by atoms with E-state index in [9.17, 15) is 18.3 Å². The number of rotatable bonds is 2. The number of aromatic carboxylic acids is 1. The Morgan fingerprint density at radius 1 is 1.24 bits per heavy atom. The number of benzene rings is 1. The highest BCUT2D eigenvalue weighted by Gasteiger charge is 2.27. The van der Waals surface area contributed by atoms with Crippen molar-refractivity contribution in [2.45, 2.75) is 10.6 Å². The van der Waals surface area contributed by atoms with Gasteiger partial charge in [-0.1, -0.05) is 18.2 Å². The Bertz CT molecular complexity index is 897. The Kier molecular flexibility index (Phi) is 3.38. The van der Waals surface area contributed by atoms with Gasteiger partial charge < -0.3 is 9.90 Å². The molecule has 0 atom stereocenters. The average molecular weight is 320 g/mol. The largest absolute Gasteiger partial charge is 0.545 e. The molecule has 1 aliphatic heterocycles. The van der Waals surface area contributed by atoms with Gasteiger partial charge in [0.05, 0.1) is 22.8 Å². The van der Waals surface area contributed by atoms with Crippen LogP contribution < -0.4 is 10.5 Å². The summed E-state index contributed by atoms with van der Waals surface area (Å²) in [7, 11) is -3.22. The van der Waals surface area contributed by atoms with E-state index < -0.39 is 15.8 Å². The molecule has 0 bridgehead atoms. The molecule has 0 saturated carbocycles. The first kappa shape index (κ1) is 14.0. The molecule has 0 fully saturated rings. The van der Waals surface area contributed by atoms with Crippen LogP contribution in [0.2, 0.25) is 0 Å². The lowest BCUT2D eigenvalue weighted by Gasteiger charge is -2.06. The Hall–Kier alpha value is -1.99. The first-order valence-electron chi connectivity index (χ1n) is 6.17. The number of carbonyl (C=O) groups excluding carboxylic acids is 1. The van der Waals surface area contributed by atoms with E-state index in [0.717, 1.165) is 0 Å². The topological polar surface area (TPSA) is 86.6 Å². The van der Waals surface area contributed by atoms with Crippen LogP contribution >= 0.6 is 11.3 Å². The van der Waals surface area contributed by atoms with Gasteiger partial charge in [-0.25, -0.2) is 13.4 Å². The molecule has 2 aromatic rings. The van der Waals surface area contributed by atoms with Crippen LogP contribution in [-0.4, -0.2) is 20.1 Å². The molecule has 21 heavy (non-hydrogen) atoms. The molecule has 7 heteroatoms. The molecule has 0 radical (unpaired) electrons. The summed E-state index contributed by atoms with van der Waals surface area (Å²) in [6.07, 6.45) is 0.404. The van der Waals surface area contributed by atoms with Crippen molar-refractivity contribution < 1.29 is 18.3 Å². The first-order chi connectivity index (χ1) is 9.99. The molecule has 1 aromatic carbocycles. The molecule has 5 nitrogen and oxygen atoms in total. The summed E-state index contributed by atoms with van der Waals surface area (Å²) in [5, 5.41) is 13.2. The first-order valence-corrected chi connectivity index (χ1v) is 8.71. The monoisotopic (exact) mass is 320 g/mol. The van der Waals surface area contributed by atoms with E-state index in [2.05, 4.69) is 4.99 Å². The second-order valence-electron chi connectivity index (χ2n) is 4.56. The van der Waals surface area contributed by atoms with Gasteiger partial charge in [0, 0.05) is 11.1 Å². The van der Waals surface area contributed by atoms with E-state index in [0.29, 0.717) is 21.6 Å². The molecule has 108 valence electrons. The lowest BCUT2D eigenvalue weighted by Crippen LogP contribution is -2.22. The maximum atomic E-state index is 11.9. The van der Waals surface area contributed by atoms with E-state index in [4.69, 9.17) is 0 Å². The predicted octanol–water partition coefficient (Wildman–Crippen LogP) is 0.674. The van der Waals surface area contributed by atoms with Gasteiger partial charge >= 0.3 is 0 Å². The summed E-state index contributed by atoms with van der Waals surface area (Å²) >= 11 is 1.17. The predicted molar refractivity (Wildman–Crippen MR) is 76.1 cm³/mol. The zero-order valence-corrected chi connectivity index (χ0v) is 12.4. The van der Waals surface area contributed by atoms with Crippen LogP contribution in [-0.2, 0) is 16.3 Å². The van der Waals surface area contributed by atoms with Crippen molar-refractivity contribution in [3.8, 4) is 0 Å². The highest BCUT2D eigenvalue weighted by molar-refractivity contribution is 7.93. The standard InChI is InChI=1S/C14H11NO4S2/c16-13(17)9-3-1-2-4-11(9)15-12-5-7-20-14-10(12)6-8-21(14,18)19/h1-5,7H,6,8H2,(H,16,17)/p-1. The van der Waals surface area contributed by atoms with E-state index in [-0.39, 0.29) is 17.0 Å². The van der Waals surface area contributed by atoms with E-state index in [1.807, 2.05) is 0 Å². The number of carboxylic acid groups (broad SMARTS) is 1. The van der Waals surface area contributed by atoms with Crippen molar-refractivity contribution >= 4 is 32.8 Å². The van der Waals surface area contributed by atoms with Gasteiger partial charge in [-0.3, -0.25) is 0 Å². The molecule has 1 aliphatic rings. The van der Waals surface area contributed by atoms with Crippen LogP contribution in [0.15, 0.2) is 44.9 Å². The fourth-order valence-corrected chi connectivity index (χ4v) is 5.15. The number of carbonyl (C=O) groups is 1. The van der Waals surface area contributed by atoms with Crippen LogP contribution in [0.25, 0.3) is 0 Å². The zero-order valence-electron chi connectivity index (χ0n) is 10.8. The zero-order chi connectivity index (χ0) is 15.0. The maximum absolute atomic E-state index is 11.9. The molecular weight excluding hydrogens is 310 g/mol. The normalized spacial score (nSPS) is 16.7. The van der Waals surface area contributed by atoms with Gasteiger partial charge in [0.2, 0.25) is 0 Å². The summed E-state index contributed by atoms with van der Waals surface area (Å²) in [6.45, 7) is 0. The molecule has 0 amide bonds. The third-order valence-electron chi connectivity index (χ3n) is 3.22. The van der Waals surface area contributed by atoms with Crippen LogP contribution in [0, 0.1) is 0 Å². The second-order valence-corrected chi connectivity index (χ2v) is 7.78. The molecule has 0 aliphatic carbocycles. The maximum Gasteiger partial charge on any atom is 0.188 e. The van der Waals surface area contributed by atoms with Gasteiger partial charge in [-0.05, 0) is 23.9 Å². The number of nitrogens with zero attached hydrogens (tertiary/aromatic N) is 1. The van der Waals surface area contributed by atoms with E-state index in [1.165, 1.54) is 17.4 Å². The lowest BCUT2D eigenvalue weighted by atomic mass is 10.2. The minimum Gasteiger partial charge on any atom is -0.545 e. The van der Waals surface area contributed by atoms with Crippen LogP contribution in [0.5, 0.6) is 0 Å². The second kappa shape index (κ2) is 5.09. The van der Waals surface area contributed by atoms with E-state index >= 15 is 0 Å². The van der Waals surface area contributed by atoms with Gasteiger partial charge in [-0.15, -0.1) is 11.3 Å². The smallest absolute Gasteiger partial charge is 0.188 e. The minimum absolute atomic E-state index is 0.0142. The summed E-state index contributed by atoms with van der Waals surface area (Å²) < 4.78 is 24.1. The molecule has 0 spiro atoms. The highest BCUT2D eigenvalue weighted by Crippen LogP contribution is 2.27. The number of carboxylic acids is 1. The molecule has 3 rings (SSSR count). The average Bonchev–Trinajstić information content (AvgIpc) is 2.76. The SMILES string of the molecule is O=C([O-])c1ccccc1N=c1ccsc2c1CCS2(=O)=O. The van der Waals surface area contributed by atoms with Crippen LogP contribution in [0.4, 0.5) is 5.69 Å². The fraction of sp³-hybridized carbons (Fsp3) is 0.143. The molecule has 0 saturated heterocycles. The number of hydrogen-bond acceptors (Lipinski definition) is 6. The Morgan fingerprint density at radius 3 is 2.76 bits per heavy atom. The number of para-hydroxylation sites is 1. The van der Waals surface area contributed by atoms with Crippen LogP contribution in [0.3, 0.4) is 0 Å². The van der Waals surface area contributed by atoms with Crippen molar-refractivity contribution in [2.24, 2.45) is 4.99 Å². The molecule has 0 N–H and O–H groups in total. The quantitative estimate of drug-likeness (QED) is 0.814. The van der Waals surface area contributed by atoms with Gasteiger partial charge in [0.1, 0.15) is 4.21 Å². The number of hydrogen-bond donors (Lipinski definition) is 0. The van der Waals surface area contributed by atoms with Crippen molar-refractivity contribution in [3.63, 3.8) is 0 Å². The lowest BCUT2D eigenvalue weighted by molar-refractivity contribution is -0.254. The third kappa shape index (κ3) is 2.50. The van der Waals surface area contributed by atoms with Crippen molar-refractivity contribution in [2.75, 3.05) is 5.75 Å². The molecule has 1 aromatic heterocycles. The number of fused-ring (bicyclic) bond motifs is 1. The molecule has 2 heterocycles. The fourth-order valence-electron chi connectivity index (χ4n) is 2.24. The molecule has 0 unspecified atom stereocenters. The molecular formula is C14H10NO4S2-. The van der Waals surface area contributed by atoms with Gasteiger partial charge in [0.25, 0.3) is 0 Å². The summed E-state index contributed by atoms with van der Waals surface area (Å²) in [5.41, 5.74) is 0.912. The van der Waals surface area contributed by atoms with Crippen molar-refractivity contribution in [1.29, 1.82) is 0 Å².